The Morgan fingerprint density at radius 1 is 1.19 bits per heavy atom. The van der Waals surface area contributed by atoms with Crippen LogP contribution in [-0.4, -0.2) is 35.3 Å². The van der Waals surface area contributed by atoms with Gasteiger partial charge in [-0.2, -0.15) is 0 Å². The van der Waals surface area contributed by atoms with Crippen LogP contribution in [0.1, 0.15) is 25.3 Å². The second-order valence-corrected chi connectivity index (χ2v) is 7.76. The number of carbonyl (C=O) groups is 1. The smallest absolute Gasteiger partial charge is 0.250 e. The standard InChI is InChI=1S/C21H24N2O4/c1-21(12-16-6-7-17-18(11-16)27-15-26-17)8-4-10-23(14-21)20(25)13-22-9-3-2-5-19(22)24/h2-3,5-7,9,11H,4,8,10,12-15H2,1H3/t21-/m0/s1. The number of hydrogen-bond donors (Lipinski definition) is 0. The number of pyridine rings is 1. The van der Waals surface area contributed by atoms with Crippen LogP contribution >= 0.6 is 0 Å². The monoisotopic (exact) mass is 368 g/mol. The van der Waals surface area contributed by atoms with Gasteiger partial charge in [-0.25, -0.2) is 0 Å². The lowest BCUT2D eigenvalue weighted by atomic mass is 9.77. The number of amides is 1. The number of hydrogen-bond acceptors (Lipinski definition) is 4. The Hall–Kier alpha value is -2.76. The van der Waals surface area contributed by atoms with Crippen LogP contribution in [0.5, 0.6) is 11.5 Å². The Morgan fingerprint density at radius 3 is 2.89 bits per heavy atom. The summed E-state index contributed by atoms with van der Waals surface area (Å²) in [5, 5.41) is 0. The van der Waals surface area contributed by atoms with E-state index in [0.717, 1.165) is 37.3 Å². The summed E-state index contributed by atoms with van der Waals surface area (Å²) in [5.74, 6) is 1.58. The molecule has 1 aromatic carbocycles. The van der Waals surface area contributed by atoms with E-state index in [1.807, 2.05) is 17.0 Å². The lowest BCUT2D eigenvalue weighted by molar-refractivity contribution is -0.135. The molecule has 1 saturated heterocycles. The third-order valence-electron chi connectivity index (χ3n) is 5.41. The van der Waals surface area contributed by atoms with Gasteiger partial charge in [0.15, 0.2) is 11.5 Å². The van der Waals surface area contributed by atoms with E-state index in [1.54, 1.807) is 18.3 Å². The molecule has 142 valence electrons. The average molecular weight is 368 g/mol. The Bertz CT molecular complexity index is 907. The topological polar surface area (TPSA) is 60.8 Å². The molecule has 0 unspecified atom stereocenters. The van der Waals surface area contributed by atoms with Crippen LogP contribution in [0.2, 0.25) is 0 Å². The maximum Gasteiger partial charge on any atom is 0.250 e. The summed E-state index contributed by atoms with van der Waals surface area (Å²) in [6.45, 7) is 4.04. The van der Waals surface area contributed by atoms with Gasteiger partial charge in [-0.3, -0.25) is 9.59 Å². The molecule has 6 nitrogen and oxygen atoms in total. The Balaban J connectivity index is 1.44. The van der Waals surface area contributed by atoms with Crippen molar-refractivity contribution in [3.63, 3.8) is 0 Å². The average Bonchev–Trinajstić information content (AvgIpc) is 3.11. The van der Waals surface area contributed by atoms with Gasteiger partial charge >= 0.3 is 0 Å². The van der Waals surface area contributed by atoms with Crippen LogP contribution in [0.15, 0.2) is 47.4 Å². The van der Waals surface area contributed by atoms with Crippen LogP contribution in [0.25, 0.3) is 0 Å². The SMILES string of the molecule is C[C@@]1(Cc2ccc3c(c2)OCO3)CCCN(C(=O)Cn2ccccc2=O)C1. The minimum absolute atomic E-state index is 0.0000818. The van der Waals surface area contributed by atoms with Crippen molar-refractivity contribution < 1.29 is 14.3 Å². The fraction of sp³-hybridized carbons (Fsp3) is 0.429. The van der Waals surface area contributed by atoms with E-state index in [1.165, 1.54) is 16.2 Å². The molecular weight excluding hydrogens is 344 g/mol. The van der Waals surface area contributed by atoms with E-state index in [0.29, 0.717) is 6.54 Å². The highest BCUT2D eigenvalue weighted by atomic mass is 16.7. The van der Waals surface area contributed by atoms with Gasteiger partial charge < -0.3 is 18.9 Å². The predicted octanol–water partition coefficient (Wildman–Crippen LogP) is 2.45. The number of carbonyl (C=O) groups excluding carboxylic acids is 1. The molecule has 0 aliphatic carbocycles. The molecule has 2 aliphatic rings. The molecule has 0 spiro atoms. The van der Waals surface area contributed by atoms with Gasteiger partial charge in [0, 0.05) is 25.4 Å². The first kappa shape index (κ1) is 17.6. The Kier molecular flexibility index (Phi) is 4.64. The van der Waals surface area contributed by atoms with Crippen molar-refractivity contribution in [2.75, 3.05) is 19.9 Å². The molecule has 0 N–H and O–H groups in total. The zero-order valence-corrected chi connectivity index (χ0v) is 15.5. The van der Waals surface area contributed by atoms with Gasteiger partial charge in [0.2, 0.25) is 12.7 Å². The number of nitrogens with zero attached hydrogens (tertiary/aromatic N) is 2. The number of likely N-dealkylation sites (tertiary alicyclic amines) is 1. The molecule has 2 aliphatic heterocycles. The van der Waals surface area contributed by atoms with E-state index in [2.05, 4.69) is 13.0 Å². The second-order valence-electron chi connectivity index (χ2n) is 7.76. The summed E-state index contributed by atoms with van der Waals surface area (Å²) in [6, 6.07) is 11.0. The molecule has 1 aromatic heterocycles. The molecule has 3 heterocycles. The molecule has 0 radical (unpaired) electrons. The van der Waals surface area contributed by atoms with Crippen molar-refractivity contribution in [3.05, 3.63) is 58.5 Å². The van der Waals surface area contributed by atoms with Crippen molar-refractivity contribution in [2.45, 2.75) is 32.7 Å². The summed E-state index contributed by atoms with van der Waals surface area (Å²) in [4.78, 5) is 26.5. The molecule has 0 bridgehead atoms. The molecule has 1 atom stereocenters. The zero-order valence-electron chi connectivity index (χ0n) is 15.5. The van der Waals surface area contributed by atoms with Gasteiger partial charge in [-0.15, -0.1) is 0 Å². The van der Waals surface area contributed by atoms with Gasteiger partial charge in [0.05, 0.1) is 0 Å². The highest BCUT2D eigenvalue weighted by molar-refractivity contribution is 5.76. The number of fused-ring (bicyclic) bond motifs is 1. The summed E-state index contributed by atoms with van der Waals surface area (Å²) >= 11 is 0. The molecular formula is C21H24N2O4. The molecule has 6 heteroatoms. The first-order valence-corrected chi connectivity index (χ1v) is 9.34. The summed E-state index contributed by atoms with van der Waals surface area (Å²) in [6.07, 6.45) is 4.57. The highest BCUT2D eigenvalue weighted by Crippen LogP contribution is 2.37. The predicted molar refractivity (Wildman–Crippen MR) is 101 cm³/mol. The van der Waals surface area contributed by atoms with Gasteiger partial charge in [0.1, 0.15) is 6.54 Å². The minimum atomic E-state index is -0.147. The maximum absolute atomic E-state index is 12.7. The van der Waals surface area contributed by atoms with E-state index < -0.39 is 0 Å². The largest absolute Gasteiger partial charge is 0.454 e. The lowest BCUT2D eigenvalue weighted by Gasteiger charge is -2.41. The van der Waals surface area contributed by atoms with Crippen molar-refractivity contribution in [1.29, 1.82) is 0 Å². The summed E-state index contributed by atoms with van der Waals surface area (Å²) in [5.41, 5.74) is 1.05. The number of rotatable bonds is 4. The summed E-state index contributed by atoms with van der Waals surface area (Å²) < 4.78 is 12.3. The zero-order chi connectivity index (χ0) is 18.9. The molecule has 2 aromatic rings. The molecule has 4 rings (SSSR count). The fourth-order valence-electron chi connectivity index (χ4n) is 4.05. The number of benzene rings is 1. The van der Waals surface area contributed by atoms with Crippen LogP contribution in [-0.2, 0) is 17.8 Å². The fourth-order valence-corrected chi connectivity index (χ4v) is 4.05. The third-order valence-corrected chi connectivity index (χ3v) is 5.41. The van der Waals surface area contributed by atoms with Crippen molar-refractivity contribution in [3.8, 4) is 11.5 Å². The van der Waals surface area contributed by atoms with Crippen LogP contribution in [0.4, 0.5) is 0 Å². The van der Waals surface area contributed by atoms with Crippen molar-refractivity contribution in [1.82, 2.24) is 9.47 Å². The van der Waals surface area contributed by atoms with Crippen LogP contribution in [0.3, 0.4) is 0 Å². The van der Waals surface area contributed by atoms with E-state index in [9.17, 15) is 9.59 Å². The molecule has 0 saturated carbocycles. The second kappa shape index (κ2) is 7.10. The van der Waals surface area contributed by atoms with Crippen molar-refractivity contribution in [2.24, 2.45) is 5.41 Å². The van der Waals surface area contributed by atoms with E-state index in [-0.39, 0.29) is 30.2 Å². The normalized spacial score (nSPS) is 21.3. The third kappa shape index (κ3) is 3.84. The number of piperidine rings is 1. The first-order chi connectivity index (χ1) is 13.0. The Morgan fingerprint density at radius 2 is 2.04 bits per heavy atom. The van der Waals surface area contributed by atoms with Crippen LogP contribution in [0, 0.1) is 5.41 Å². The molecule has 1 amide bonds. The molecule has 27 heavy (non-hydrogen) atoms. The van der Waals surface area contributed by atoms with Crippen molar-refractivity contribution >= 4 is 5.91 Å². The quantitative estimate of drug-likeness (QED) is 0.832. The Labute approximate surface area is 158 Å². The minimum Gasteiger partial charge on any atom is -0.454 e. The van der Waals surface area contributed by atoms with Crippen LogP contribution < -0.4 is 15.0 Å². The number of aromatic nitrogens is 1. The van der Waals surface area contributed by atoms with E-state index in [4.69, 9.17) is 9.47 Å². The van der Waals surface area contributed by atoms with Gasteiger partial charge in [0.25, 0.3) is 5.56 Å². The highest BCUT2D eigenvalue weighted by Gasteiger charge is 2.33. The van der Waals surface area contributed by atoms with Gasteiger partial charge in [-0.1, -0.05) is 19.1 Å². The number of ether oxygens (including phenoxy) is 2. The lowest BCUT2D eigenvalue weighted by Crippen LogP contribution is -2.47. The first-order valence-electron chi connectivity index (χ1n) is 9.34. The summed E-state index contributed by atoms with van der Waals surface area (Å²) in [7, 11) is 0. The van der Waals surface area contributed by atoms with Gasteiger partial charge in [-0.05, 0) is 48.4 Å². The van der Waals surface area contributed by atoms with E-state index >= 15 is 0 Å². The maximum atomic E-state index is 12.7. The molecule has 1 fully saturated rings.